The van der Waals surface area contributed by atoms with Gasteiger partial charge < -0.3 is 11.1 Å². The molecule has 1 fully saturated rings. The minimum atomic E-state index is 0.634. The van der Waals surface area contributed by atoms with E-state index < -0.39 is 0 Å². The van der Waals surface area contributed by atoms with Gasteiger partial charge in [-0.05, 0) is 38.5 Å². The zero-order chi connectivity index (χ0) is 14.2. The summed E-state index contributed by atoms with van der Waals surface area (Å²) in [6, 6.07) is 2.19. The monoisotopic (exact) mass is 285 g/mol. The topological polar surface area (TPSA) is 68.2 Å². The minimum Gasteiger partial charge on any atom is -0.368 e. The van der Waals surface area contributed by atoms with Gasteiger partial charge in [0, 0.05) is 36.3 Å². The molecule has 112 valence electrons. The summed E-state index contributed by atoms with van der Waals surface area (Å²) in [4.78, 5) is 4.88. The van der Waals surface area contributed by atoms with Crippen LogP contribution in [0.5, 0.6) is 0 Å². The molecule has 4 rings (SSSR count). The van der Waals surface area contributed by atoms with E-state index in [1.165, 1.54) is 49.1 Å². The standard InChI is InChI=1S/C16H23N5/c17-8-9-18-16-12-6-1-2-7-13(12)19-15-10-14(20-21(15)16)11-4-3-5-11/h10-11,18H,1-9,17H2. The quantitative estimate of drug-likeness (QED) is 0.904. The molecule has 2 aliphatic carbocycles. The summed E-state index contributed by atoms with van der Waals surface area (Å²) in [5, 5.41) is 8.34. The second kappa shape index (κ2) is 5.30. The first kappa shape index (κ1) is 13.1. The number of nitrogens with zero attached hydrogens (tertiary/aromatic N) is 3. The van der Waals surface area contributed by atoms with Crippen molar-refractivity contribution >= 4 is 11.5 Å². The lowest BCUT2D eigenvalue weighted by molar-refractivity contribution is 0.409. The fourth-order valence-electron chi connectivity index (χ4n) is 3.44. The summed E-state index contributed by atoms with van der Waals surface area (Å²) in [6.07, 6.45) is 8.56. The largest absolute Gasteiger partial charge is 0.368 e. The molecule has 0 amide bonds. The van der Waals surface area contributed by atoms with Gasteiger partial charge in [0.2, 0.25) is 0 Å². The van der Waals surface area contributed by atoms with Gasteiger partial charge in [-0.3, -0.25) is 0 Å². The number of anilines is 1. The Balaban J connectivity index is 1.83. The maximum Gasteiger partial charge on any atom is 0.157 e. The van der Waals surface area contributed by atoms with E-state index in [0.29, 0.717) is 12.5 Å². The molecule has 0 spiro atoms. The van der Waals surface area contributed by atoms with Gasteiger partial charge in [-0.2, -0.15) is 9.61 Å². The molecule has 0 aliphatic heterocycles. The van der Waals surface area contributed by atoms with E-state index in [2.05, 4.69) is 11.4 Å². The van der Waals surface area contributed by atoms with E-state index in [1.54, 1.807) is 0 Å². The van der Waals surface area contributed by atoms with Crippen LogP contribution in [0.3, 0.4) is 0 Å². The van der Waals surface area contributed by atoms with Crippen LogP contribution < -0.4 is 11.1 Å². The van der Waals surface area contributed by atoms with Crippen molar-refractivity contribution in [2.45, 2.75) is 50.9 Å². The Morgan fingerprint density at radius 1 is 1.24 bits per heavy atom. The SMILES string of the molecule is NCCNc1c2c(nc3cc(C4CCC4)nn13)CCCC2. The van der Waals surface area contributed by atoms with Crippen LogP contribution in [0, 0.1) is 0 Å². The first-order valence-electron chi connectivity index (χ1n) is 8.22. The molecule has 2 aromatic heterocycles. The lowest BCUT2D eigenvalue weighted by Crippen LogP contribution is -2.20. The summed E-state index contributed by atoms with van der Waals surface area (Å²) >= 11 is 0. The average molecular weight is 285 g/mol. The predicted octanol–water partition coefficient (Wildman–Crippen LogP) is 2.25. The number of hydrogen-bond donors (Lipinski definition) is 2. The number of fused-ring (bicyclic) bond motifs is 2. The number of aryl methyl sites for hydroxylation is 1. The smallest absolute Gasteiger partial charge is 0.157 e. The lowest BCUT2D eigenvalue weighted by atomic mass is 9.83. The third kappa shape index (κ3) is 2.20. The molecule has 0 saturated heterocycles. The zero-order valence-electron chi connectivity index (χ0n) is 12.4. The van der Waals surface area contributed by atoms with Gasteiger partial charge in [0.25, 0.3) is 0 Å². The van der Waals surface area contributed by atoms with Crippen LogP contribution in [0.1, 0.15) is 55.0 Å². The molecule has 5 heteroatoms. The van der Waals surface area contributed by atoms with Gasteiger partial charge in [0.05, 0.1) is 5.69 Å². The van der Waals surface area contributed by atoms with Gasteiger partial charge in [-0.1, -0.05) is 6.42 Å². The molecular weight excluding hydrogens is 262 g/mol. The van der Waals surface area contributed by atoms with Crippen LogP contribution in [-0.2, 0) is 12.8 Å². The van der Waals surface area contributed by atoms with Gasteiger partial charge in [-0.25, -0.2) is 4.98 Å². The van der Waals surface area contributed by atoms with Gasteiger partial charge >= 0.3 is 0 Å². The van der Waals surface area contributed by atoms with Gasteiger partial charge in [0.15, 0.2) is 5.65 Å². The molecule has 0 unspecified atom stereocenters. The molecule has 2 heterocycles. The zero-order valence-corrected chi connectivity index (χ0v) is 12.4. The summed E-state index contributed by atoms with van der Waals surface area (Å²) in [7, 11) is 0. The van der Waals surface area contributed by atoms with Crippen LogP contribution in [0.15, 0.2) is 6.07 Å². The minimum absolute atomic E-state index is 0.634. The van der Waals surface area contributed by atoms with Crippen molar-refractivity contribution in [3.05, 3.63) is 23.0 Å². The highest BCUT2D eigenvalue weighted by molar-refractivity contribution is 5.57. The predicted molar refractivity (Wildman–Crippen MR) is 83.8 cm³/mol. The molecule has 2 aliphatic rings. The first-order valence-corrected chi connectivity index (χ1v) is 8.22. The Morgan fingerprint density at radius 3 is 2.86 bits per heavy atom. The van der Waals surface area contributed by atoms with E-state index in [0.717, 1.165) is 30.9 Å². The molecule has 0 atom stereocenters. The summed E-state index contributed by atoms with van der Waals surface area (Å²) in [5.74, 6) is 1.77. The van der Waals surface area contributed by atoms with E-state index in [-0.39, 0.29) is 0 Å². The number of nitrogens with one attached hydrogen (secondary N) is 1. The van der Waals surface area contributed by atoms with E-state index in [9.17, 15) is 0 Å². The van der Waals surface area contributed by atoms with E-state index in [4.69, 9.17) is 15.8 Å². The average Bonchev–Trinajstić information content (AvgIpc) is 2.84. The molecular formula is C16H23N5. The molecule has 0 aromatic carbocycles. The summed E-state index contributed by atoms with van der Waals surface area (Å²) < 4.78 is 2.02. The molecule has 0 bridgehead atoms. The Morgan fingerprint density at radius 2 is 2.10 bits per heavy atom. The fraction of sp³-hybridized carbons (Fsp3) is 0.625. The van der Waals surface area contributed by atoms with Gasteiger partial charge in [0.1, 0.15) is 5.82 Å². The van der Waals surface area contributed by atoms with E-state index in [1.807, 2.05) is 4.52 Å². The lowest BCUT2D eigenvalue weighted by Gasteiger charge is -2.22. The normalized spacial score (nSPS) is 18.5. The molecule has 1 saturated carbocycles. The fourth-order valence-corrected chi connectivity index (χ4v) is 3.44. The first-order chi connectivity index (χ1) is 10.4. The highest BCUT2D eigenvalue weighted by atomic mass is 15.3. The van der Waals surface area contributed by atoms with Crippen LogP contribution in [0.2, 0.25) is 0 Å². The van der Waals surface area contributed by atoms with Crippen molar-refractivity contribution in [3.63, 3.8) is 0 Å². The Labute approximate surface area is 124 Å². The van der Waals surface area contributed by atoms with Crippen LogP contribution >= 0.6 is 0 Å². The Bertz CT molecular complexity index is 656. The number of hydrogen-bond acceptors (Lipinski definition) is 4. The van der Waals surface area contributed by atoms with Crippen LogP contribution in [-0.4, -0.2) is 27.7 Å². The number of rotatable bonds is 4. The van der Waals surface area contributed by atoms with Crippen molar-refractivity contribution in [1.29, 1.82) is 0 Å². The number of aromatic nitrogens is 3. The third-order valence-corrected chi connectivity index (χ3v) is 4.86. The molecule has 3 N–H and O–H groups in total. The van der Waals surface area contributed by atoms with Crippen molar-refractivity contribution in [3.8, 4) is 0 Å². The molecule has 21 heavy (non-hydrogen) atoms. The highest BCUT2D eigenvalue weighted by Gasteiger charge is 2.25. The van der Waals surface area contributed by atoms with Crippen molar-refractivity contribution in [1.82, 2.24) is 14.6 Å². The summed E-state index contributed by atoms with van der Waals surface area (Å²) in [6.45, 7) is 1.42. The highest BCUT2D eigenvalue weighted by Crippen LogP contribution is 2.37. The van der Waals surface area contributed by atoms with E-state index >= 15 is 0 Å². The maximum absolute atomic E-state index is 5.67. The van der Waals surface area contributed by atoms with Crippen molar-refractivity contribution in [2.75, 3.05) is 18.4 Å². The second-order valence-electron chi connectivity index (χ2n) is 6.28. The Hall–Kier alpha value is -1.62. The van der Waals surface area contributed by atoms with Crippen LogP contribution in [0.4, 0.5) is 5.82 Å². The van der Waals surface area contributed by atoms with Gasteiger partial charge in [-0.15, -0.1) is 0 Å². The maximum atomic E-state index is 5.67. The molecule has 2 aromatic rings. The molecule has 5 nitrogen and oxygen atoms in total. The second-order valence-corrected chi connectivity index (χ2v) is 6.28. The Kier molecular flexibility index (Phi) is 3.30. The van der Waals surface area contributed by atoms with Crippen molar-refractivity contribution in [2.24, 2.45) is 5.73 Å². The summed E-state index contributed by atoms with van der Waals surface area (Å²) in [5.41, 5.74) is 10.5. The van der Waals surface area contributed by atoms with Crippen molar-refractivity contribution < 1.29 is 0 Å². The third-order valence-electron chi connectivity index (χ3n) is 4.86. The number of nitrogens with two attached hydrogens (primary N) is 1. The molecule has 0 radical (unpaired) electrons. The van der Waals surface area contributed by atoms with Crippen LogP contribution in [0.25, 0.3) is 5.65 Å².